The van der Waals surface area contributed by atoms with Crippen LogP contribution in [0.1, 0.15) is 38.3 Å². The third-order valence-corrected chi connectivity index (χ3v) is 6.25. The molecule has 0 bridgehead atoms. The lowest BCUT2D eigenvalue weighted by atomic mass is 9.88. The van der Waals surface area contributed by atoms with E-state index in [4.69, 9.17) is 4.74 Å². The number of hydrogen-bond acceptors (Lipinski definition) is 4. The van der Waals surface area contributed by atoms with Gasteiger partial charge in [0, 0.05) is 12.6 Å². The number of rotatable bonds is 5. The summed E-state index contributed by atoms with van der Waals surface area (Å²) in [5.41, 5.74) is 0.179. The van der Waals surface area contributed by atoms with Crippen molar-refractivity contribution in [3.05, 3.63) is 60.2 Å². The lowest BCUT2D eigenvalue weighted by Gasteiger charge is -2.40. The van der Waals surface area contributed by atoms with Crippen molar-refractivity contribution in [3.8, 4) is 0 Å². The van der Waals surface area contributed by atoms with Gasteiger partial charge in [0.15, 0.2) is 0 Å². The van der Waals surface area contributed by atoms with E-state index in [-0.39, 0.29) is 12.1 Å². The minimum atomic E-state index is -1.22. The number of carbonyl (C=O) groups excluding carboxylic acids is 2. The summed E-state index contributed by atoms with van der Waals surface area (Å²) in [7, 11) is 0. The average Bonchev–Trinajstić information content (AvgIpc) is 3.20. The van der Waals surface area contributed by atoms with E-state index in [1.807, 2.05) is 61.5 Å². The SMILES string of the molecule is CCCCN[C@@H]1c2ccccc2N2C(=O)N(c3ccccc3)[C@]3(C)OC(=O)N[C@]123. The zero-order valence-electron chi connectivity index (χ0n) is 16.5. The third kappa shape index (κ3) is 2.16. The maximum atomic E-state index is 13.7. The molecule has 150 valence electrons. The van der Waals surface area contributed by atoms with Crippen LogP contribution in [0.5, 0.6) is 0 Å². The lowest BCUT2D eigenvalue weighted by molar-refractivity contribution is 0.0271. The highest BCUT2D eigenvalue weighted by Gasteiger charge is 2.78. The maximum absolute atomic E-state index is 13.7. The van der Waals surface area contributed by atoms with Crippen LogP contribution >= 0.6 is 0 Å². The summed E-state index contributed by atoms with van der Waals surface area (Å²) >= 11 is 0. The Morgan fingerprint density at radius 2 is 1.79 bits per heavy atom. The van der Waals surface area contributed by atoms with Crippen molar-refractivity contribution in [3.63, 3.8) is 0 Å². The van der Waals surface area contributed by atoms with E-state index in [0.717, 1.165) is 30.6 Å². The van der Waals surface area contributed by atoms with Crippen molar-refractivity contribution < 1.29 is 14.3 Å². The van der Waals surface area contributed by atoms with E-state index in [9.17, 15) is 9.59 Å². The van der Waals surface area contributed by atoms with Gasteiger partial charge in [-0.1, -0.05) is 49.7 Å². The highest BCUT2D eigenvalue weighted by molar-refractivity contribution is 6.12. The minimum Gasteiger partial charge on any atom is -0.418 e. The summed E-state index contributed by atoms with van der Waals surface area (Å²) in [4.78, 5) is 29.6. The molecule has 0 aliphatic carbocycles. The standard InChI is InChI=1S/C22H24N4O3/c1-3-4-14-23-18-16-12-8-9-13-17(16)26-20(28)25(15-10-6-5-7-11-15)21(2)22(18,26)24-19(27)29-21/h5-13,18,23H,3-4,14H2,1-2H3,(H,24,27)/t18-,21-,22-/m1/s1. The molecule has 5 rings (SSSR count). The average molecular weight is 392 g/mol. The molecule has 3 aliphatic heterocycles. The van der Waals surface area contributed by atoms with E-state index in [0.29, 0.717) is 5.69 Å². The number of urea groups is 1. The quantitative estimate of drug-likeness (QED) is 0.761. The zero-order chi connectivity index (χ0) is 20.2. The number of benzene rings is 2. The van der Waals surface area contributed by atoms with Crippen molar-refractivity contribution >= 4 is 23.5 Å². The number of fused-ring (bicyclic) bond motifs is 2. The third-order valence-electron chi connectivity index (χ3n) is 6.25. The van der Waals surface area contributed by atoms with Crippen molar-refractivity contribution in [2.24, 2.45) is 0 Å². The second-order valence-electron chi connectivity index (χ2n) is 7.85. The van der Waals surface area contributed by atoms with E-state index < -0.39 is 17.5 Å². The van der Waals surface area contributed by atoms with Crippen LogP contribution in [0.4, 0.5) is 21.0 Å². The second-order valence-corrected chi connectivity index (χ2v) is 7.85. The predicted octanol–water partition coefficient (Wildman–Crippen LogP) is 3.73. The first-order valence-corrected chi connectivity index (χ1v) is 10.1. The van der Waals surface area contributed by atoms with Gasteiger partial charge in [0.1, 0.15) is 0 Å². The summed E-state index contributed by atoms with van der Waals surface area (Å²) in [6.45, 7) is 4.72. The maximum Gasteiger partial charge on any atom is 0.411 e. The summed E-state index contributed by atoms with van der Waals surface area (Å²) < 4.78 is 5.86. The van der Waals surface area contributed by atoms with Crippen LogP contribution < -0.4 is 20.4 Å². The molecular weight excluding hydrogens is 368 g/mol. The highest BCUT2D eigenvalue weighted by Crippen LogP contribution is 2.59. The smallest absolute Gasteiger partial charge is 0.411 e. The molecule has 2 N–H and O–H groups in total. The molecule has 0 unspecified atom stereocenters. The number of ether oxygens (including phenoxy) is 1. The van der Waals surface area contributed by atoms with Crippen LogP contribution in [0.3, 0.4) is 0 Å². The van der Waals surface area contributed by atoms with Gasteiger partial charge in [0.2, 0.25) is 11.4 Å². The van der Waals surface area contributed by atoms with E-state index in [1.165, 1.54) is 0 Å². The van der Waals surface area contributed by atoms with Gasteiger partial charge in [-0.3, -0.25) is 15.1 Å². The number of nitrogens with zero attached hydrogens (tertiary/aromatic N) is 2. The Bertz CT molecular complexity index is 981. The Hall–Kier alpha value is -3.06. The molecule has 3 atom stereocenters. The Labute approximate surface area is 169 Å². The highest BCUT2D eigenvalue weighted by atomic mass is 16.6. The summed E-state index contributed by atoms with van der Waals surface area (Å²) in [5, 5.41) is 6.62. The second kappa shape index (κ2) is 6.22. The van der Waals surface area contributed by atoms with Crippen LogP contribution in [-0.2, 0) is 4.74 Å². The number of para-hydroxylation sites is 2. The predicted molar refractivity (Wildman–Crippen MR) is 110 cm³/mol. The topological polar surface area (TPSA) is 73.9 Å². The minimum absolute atomic E-state index is 0.217. The van der Waals surface area contributed by atoms with Crippen LogP contribution in [0.25, 0.3) is 0 Å². The van der Waals surface area contributed by atoms with Crippen molar-refractivity contribution in [1.29, 1.82) is 0 Å². The molecule has 2 saturated heterocycles. The zero-order valence-corrected chi connectivity index (χ0v) is 16.5. The molecule has 7 nitrogen and oxygen atoms in total. The first-order chi connectivity index (χ1) is 14.0. The normalized spacial score (nSPS) is 29.4. The van der Waals surface area contributed by atoms with E-state index in [1.54, 1.807) is 9.80 Å². The number of anilines is 2. The first kappa shape index (κ1) is 18.0. The fraction of sp³-hybridized carbons (Fsp3) is 0.364. The summed E-state index contributed by atoms with van der Waals surface area (Å²) in [6.07, 6.45) is 1.52. The molecule has 2 aromatic rings. The van der Waals surface area contributed by atoms with Crippen LogP contribution in [-0.4, -0.2) is 30.1 Å². The van der Waals surface area contributed by atoms with Gasteiger partial charge < -0.3 is 10.1 Å². The number of carbonyl (C=O) groups is 2. The Morgan fingerprint density at radius 3 is 2.55 bits per heavy atom. The number of hydrogen-bond donors (Lipinski definition) is 2. The fourth-order valence-electron chi connectivity index (χ4n) is 5.01. The molecule has 3 heterocycles. The molecule has 3 aliphatic rings. The molecule has 1 spiro atoms. The van der Waals surface area contributed by atoms with Gasteiger partial charge in [0.05, 0.1) is 11.7 Å². The van der Waals surface area contributed by atoms with Gasteiger partial charge >= 0.3 is 12.1 Å². The molecule has 0 saturated carbocycles. The van der Waals surface area contributed by atoms with Gasteiger partial charge in [-0.05, 0) is 36.7 Å². The van der Waals surface area contributed by atoms with Crippen molar-refractivity contribution in [2.45, 2.75) is 44.1 Å². The molecule has 2 aromatic carbocycles. The molecule has 29 heavy (non-hydrogen) atoms. The molecular formula is C22H24N4O3. The van der Waals surface area contributed by atoms with Gasteiger partial charge in [0.25, 0.3) is 0 Å². The van der Waals surface area contributed by atoms with Crippen LogP contribution in [0.15, 0.2) is 54.6 Å². The Kier molecular flexibility index (Phi) is 3.86. The number of unbranched alkanes of at least 4 members (excludes halogenated alkanes) is 1. The van der Waals surface area contributed by atoms with E-state index >= 15 is 0 Å². The molecule has 0 aromatic heterocycles. The van der Waals surface area contributed by atoms with Crippen LogP contribution in [0.2, 0.25) is 0 Å². The molecule has 0 radical (unpaired) electrons. The number of amides is 3. The Balaban J connectivity index is 1.71. The summed E-state index contributed by atoms with van der Waals surface area (Å²) in [5.74, 6) is 0. The lowest BCUT2D eigenvalue weighted by Crippen LogP contribution is -2.67. The van der Waals surface area contributed by atoms with Gasteiger partial charge in [-0.15, -0.1) is 0 Å². The number of nitrogens with one attached hydrogen (secondary N) is 2. The van der Waals surface area contributed by atoms with Crippen LogP contribution in [0, 0.1) is 0 Å². The molecule has 7 heteroatoms. The Morgan fingerprint density at radius 1 is 1.07 bits per heavy atom. The first-order valence-electron chi connectivity index (χ1n) is 10.1. The van der Waals surface area contributed by atoms with E-state index in [2.05, 4.69) is 17.6 Å². The largest absolute Gasteiger partial charge is 0.418 e. The van der Waals surface area contributed by atoms with Crippen molar-refractivity contribution in [2.75, 3.05) is 16.3 Å². The number of alkyl carbamates (subject to hydrolysis) is 1. The molecule has 3 amide bonds. The van der Waals surface area contributed by atoms with Crippen molar-refractivity contribution in [1.82, 2.24) is 10.6 Å². The molecule has 2 fully saturated rings. The van der Waals surface area contributed by atoms with Gasteiger partial charge in [-0.2, -0.15) is 0 Å². The monoisotopic (exact) mass is 392 g/mol. The fourth-order valence-corrected chi connectivity index (χ4v) is 5.01. The van der Waals surface area contributed by atoms with Gasteiger partial charge in [-0.25, -0.2) is 9.59 Å². The summed E-state index contributed by atoms with van der Waals surface area (Å²) in [6, 6.07) is 16.7.